The van der Waals surface area contributed by atoms with Crippen LogP contribution in [0.4, 0.5) is 0 Å². The maximum atomic E-state index is 13.2. The molecule has 860 valence electrons. The fourth-order valence-corrected chi connectivity index (χ4v) is 18.1. The van der Waals surface area contributed by atoms with E-state index >= 15 is 0 Å². The number of Topliss-reactive ketones (excluding diaryl/α,β-unsaturated/α-hetero) is 1. The molecule has 26 N–H and O–H groups in total. The number of piperidine rings is 3. The summed E-state index contributed by atoms with van der Waals surface area (Å²) in [6.07, 6.45) is -31.4. The molecule has 0 radical (unpaired) electrons. The molecule has 0 aromatic rings. The number of unbranched alkanes of at least 4 members (excludes halogenated alkanes) is 3. The Kier molecular flexibility index (Phi) is 58.4. The Morgan fingerprint density at radius 3 is 0.591 bits per heavy atom. The number of carbonyl (C=O) groups excluding carboxylic acids is 12. The van der Waals surface area contributed by atoms with E-state index in [2.05, 4.69) is 42.5 Å². The maximum absolute atomic E-state index is 13.2. The molecule has 9 aliphatic rings. The molecular formula is C96H169N11O42. The van der Waals surface area contributed by atoms with Crippen LogP contribution in [0.25, 0.3) is 0 Å². The molecule has 0 bridgehead atoms. The van der Waals surface area contributed by atoms with E-state index in [4.69, 9.17) is 56.8 Å². The van der Waals surface area contributed by atoms with Crippen molar-refractivity contribution < 1.29 is 206 Å². The van der Waals surface area contributed by atoms with E-state index in [0.717, 1.165) is 6.42 Å². The van der Waals surface area contributed by atoms with Crippen LogP contribution in [-0.4, -0.2) is 493 Å². The molecule has 0 aromatic heterocycles. The molecule has 0 saturated carbocycles. The van der Waals surface area contributed by atoms with E-state index < -0.39 is 255 Å². The van der Waals surface area contributed by atoms with Crippen molar-refractivity contribution in [1.82, 2.24) is 57.2 Å². The number of aliphatic hydroxyl groups excluding tert-OH is 18. The first-order valence-corrected chi connectivity index (χ1v) is 52.2. The molecule has 9 fully saturated rings. The van der Waals surface area contributed by atoms with Crippen LogP contribution in [0, 0.1) is 35.5 Å². The molecule has 53 heteroatoms. The molecule has 0 aliphatic carbocycles. The number of amides is 11. The summed E-state index contributed by atoms with van der Waals surface area (Å²) in [6.45, 7) is 19.6. The predicted octanol–water partition coefficient (Wildman–Crippen LogP) is -9.54. The van der Waals surface area contributed by atoms with Crippen molar-refractivity contribution in [2.75, 3.05) is 131 Å². The van der Waals surface area contributed by atoms with E-state index in [9.17, 15) is 149 Å². The van der Waals surface area contributed by atoms with Gasteiger partial charge < -0.3 is 206 Å². The van der Waals surface area contributed by atoms with Gasteiger partial charge in [0.25, 0.3) is 0 Å². The average molecular weight is 2150 g/mol. The summed E-state index contributed by atoms with van der Waals surface area (Å²) in [5.74, 6) is -7.77. The van der Waals surface area contributed by atoms with Gasteiger partial charge in [-0.1, -0.05) is 20.8 Å². The van der Waals surface area contributed by atoms with Crippen LogP contribution in [0.1, 0.15) is 185 Å². The van der Waals surface area contributed by atoms with Crippen LogP contribution in [0.15, 0.2) is 0 Å². The second-order valence-electron chi connectivity index (χ2n) is 38.7. The Hall–Kier alpha value is -7.36. The fraction of sp³-hybridized carbons (Fsp3) is 0.875. The zero-order valence-corrected chi connectivity index (χ0v) is 87.1. The lowest BCUT2D eigenvalue weighted by Crippen LogP contribution is -2.57. The Morgan fingerprint density at radius 2 is 0.416 bits per heavy atom. The number of aliphatic hydroxyl groups is 18. The molecule has 36 atom stereocenters. The minimum atomic E-state index is -1.49. The molecule has 9 heterocycles. The summed E-state index contributed by atoms with van der Waals surface area (Å²) >= 11 is 0. The summed E-state index contributed by atoms with van der Waals surface area (Å²) < 4.78 is 65.2. The van der Waals surface area contributed by atoms with Crippen molar-refractivity contribution in [2.45, 2.75) is 370 Å². The first-order valence-electron chi connectivity index (χ1n) is 52.2. The first kappa shape index (κ1) is 130. The Labute approximate surface area is 867 Å². The second kappa shape index (κ2) is 66.8. The molecule has 0 aromatic carbocycles. The molecule has 53 nitrogen and oxygen atoms in total. The zero-order chi connectivity index (χ0) is 111. The molecule has 0 unspecified atom stereocenters. The van der Waals surface area contributed by atoms with Gasteiger partial charge in [0.1, 0.15) is 116 Å². The SMILES string of the molecule is CC.CCCC(=O)CCCCC(=O)N1C[C@H](C(=O)NCCO[C@@H]2O[C@@H](C)[C@@H](O)[C@@H](O)[C@@H]2O)C[C@H](C(=O)NCCO[C@@H]2O[C@@H](C)[C@@H](O)[C@@H](O)[C@@H]2O)C1.CCNC(=O)CCCCC(=O)N1C[C@H](C(=O)NCCO[C@@H]2O[C@@H](C)[C@@H](O)[C@@H](O)[C@@H]2O)C[C@H](C(=O)NCCO[C@@H]2O[C@@H](C)[C@@H](O)[C@@H](O)[C@@H]2O)C1.CCNC(=O)CCCCC(=O)N1C[C@H](C(=O)NCCO[C@@H]2O[C@@H](C)[C@@H](O)[C@@H](O)[C@@H]2O)C[C@H](C(=O)NCCO[C@@H]2O[C@@H](C)[C@@H](O)[C@@H](O)[C@@H]2O)C1. The normalized spacial score (nSPS) is 34.6. The summed E-state index contributed by atoms with van der Waals surface area (Å²) in [5.41, 5.74) is 0. The predicted molar refractivity (Wildman–Crippen MR) is 516 cm³/mol. The summed E-state index contributed by atoms with van der Waals surface area (Å²) in [7, 11) is 0. The fourth-order valence-electron chi connectivity index (χ4n) is 18.1. The number of rotatable bonds is 49. The van der Waals surface area contributed by atoms with Gasteiger partial charge >= 0.3 is 0 Å². The van der Waals surface area contributed by atoms with E-state index in [1.165, 1.54) is 56.2 Å². The highest BCUT2D eigenvalue weighted by molar-refractivity contribution is 5.88. The van der Waals surface area contributed by atoms with Crippen molar-refractivity contribution in [3.63, 3.8) is 0 Å². The summed E-state index contributed by atoms with van der Waals surface area (Å²) in [4.78, 5) is 159. The summed E-state index contributed by atoms with van der Waals surface area (Å²) in [5, 5.41) is 201. The zero-order valence-electron chi connectivity index (χ0n) is 87.1. The van der Waals surface area contributed by atoms with E-state index in [-0.39, 0.29) is 205 Å². The highest BCUT2D eigenvalue weighted by Gasteiger charge is 2.50. The maximum Gasteiger partial charge on any atom is 0.225 e. The number of nitrogens with one attached hydrogen (secondary N) is 8. The summed E-state index contributed by atoms with van der Waals surface area (Å²) in [6, 6.07) is 0. The number of ketones is 1. The number of likely N-dealkylation sites (tertiary alicyclic amines) is 3. The van der Waals surface area contributed by atoms with Gasteiger partial charge in [-0.25, -0.2) is 0 Å². The van der Waals surface area contributed by atoms with Crippen molar-refractivity contribution in [3.05, 3.63) is 0 Å². The van der Waals surface area contributed by atoms with Gasteiger partial charge in [0.05, 0.1) is 112 Å². The topological polar surface area (TPSA) is 786 Å². The smallest absolute Gasteiger partial charge is 0.225 e. The van der Waals surface area contributed by atoms with Gasteiger partial charge in [-0.15, -0.1) is 0 Å². The lowest BCUT2D eigenvalue weighted by molar-refractivity contribution is -0.292. The number of hydrogen-bond acceptors (Lipinski definition) is 42. The third kappa shape index (κ3) is 41.0. The highest BCUT2D eigenvalue weighted by atomic mass is 16.7. The molecule has 11 amide bonds. The van der Waals surface area contributed by atoms with Gasteiger partial charge in [0.2, 0.25) is 65.0 Å². The Bertz CT molecular complexity index is 3460. The van der Waals surface area contributed by atoms with Crippen LogP contribution in [0.2, 0.25) is 0 Å². The molecule has 0 spiro atoms. The molecule has 149 heavy (non-hydrogen) atoms. The molecule has 9 aliphatic heterocycles. The standard InChI is InChI=1S/C32H55N3O14.2C31H54N4O14.C2H6/c1-4-7-21(36)8-5-6-9-22(37)35-15-19(29(44)33-10-12-46-31-27(42)25(40)23(38)17(2)48-31)14-20(16-35)30(45)34-11-13-47-32-28(43)26(41)24(39)18(3)49-32;2*1-4-32-20(36)7-5-6-8-21(37)35-14-18(28(44)33-9-11-46-30-26(42)24(40)22(38)16(2)48-30)13-19(15-35)29(45)34-10-12-47-31-27(43)25(41)23(39)17(3)49-31;1-2/h17-20,23-28,31-32,38-43H,4-16H2,1-3H3,(H,33,44)(H,34,45);2*16-19,22-27,30-31,38-43H,4-15H2,1-3H3,(H,32,36)(H,33,44)(H,34,45);1-2H3/t17-,18-,19-,20+,23+,24+,25+,26+,27-,28-,31+,32+;2*16-,17-,18-,19+,22+,23+,24+,25+,26-,27-,30+,31+;/m000./s1. The van der Waals surface area contributed by atoms with Gasteiger partial charge in [0.15, 0.2) is 37.7 Å². The number of carbonyl (C=O) groups is 12. The third-order valence-electron chi connectivity index (χ3n) is 27.0. The average Bonchev–Trinajstić information content (AvgIpc) is 0.771. The lowest BCUT2D eigenvalue weighted by Gasteiger charge is -2.39. The van der Waals surface area contributed by atoms with Crippen molar-refractivity contribution in [3.8, 4) is 0 Å². The minimum absolute atomic E-state index is 0.00229. The van der Waals surface area contributed by atoms with Crippen LogP contribution >= 0.6 is 0 Å². The monoisotopic (exact) mass is 2150 g/mol. The number of hydrogen-bond donors (Lipinski definition) is 26. The van der Waals surface area contributed by atoms with E-state index in [1.807, 2.05) is 34.6 Å². The van der Waals surface area contributed by atoms with Crippen molar-refractivity contribution >= 4 is 70.8 Å². The third-order valence-corrected chi connectivity index (χ3v) is 27.0. The molecular weight excluding hydrogens is 1980 g/mol. The largest absolute Gasteiger partial charge is 0.388 e. The van der Waals surface area contributed by atoms with Crippen LogP contribution in [0.5, 0.6) is 0 Å². The van der Waals surface area contributed by atoms with Crippen molar-refractivity contribution in [1.29, 1.82) is 0 Å². The highest BCUT2D eigenvalue weighted by Crippen LogP contribution is 2.33. The van der Waals surface area contributed by atoms with Gasteiger partial charge in [0, 0.05) is 137 Å². The first-order chi connectivity index (χ1) is 70.7. The molecule has 9 saturated heterocycles. The van der Waals surface area contributed by atoms with Crippen LogP contribution < -0.4 is 42.5 Å². The lowest BCUT2D eigenvalue weighted by atomic mass is 9.87. The Balaban J connectivity index is 0.000000338. The van der Waals surface area contributed by atoms with Gasteiger partial charge in [-0.05, 0) is 120 Å². The quantitative estimate of drug-likeness (QED) is 0.0252. The number of ether oxygens (including phenoxy) is 12. The number of nitrogens with zero attached hydrogens (tertiary/aromatic N) is 3. The van der Waals surface area contributed by atoms with E-state index in [1.54, 1.807) is 0 Å². The van der Waals surface area contributed by atoms with Crippen LogP contribution in [0.3, 0.4) is 0 Å². The molecule has 9 rings (SSSR count). The van der Waals surface area contributed by atoms with Crippen molar-refractivity contribution in [2.24, 2.45) is 35.5 Å². The van der Waals surface area contributed by atoms with Gasteiger partial charge in [-0.3, -0.25) is 57.5 Å². The van der Waals surface area contributed by atoms with Crippen LogP contribution in [-0.2, 0) is 114 Å². The Morgan fingerprint density at radius 1 is 0.242 bits per heavy atom. The minimum Gasteiger partial charge on any atom is -0.388 e. The van der Waals surface area contributed by atoms with Gasteiger partial charge in [-0.2, -0.15) is 0 Å². The van der Waals surface area contributed by atoms with E-state index in [0.29, 0.717) is 64.5 Å². The second-order valence-corrected chi connectivity index (χ2v) is 38.7.